The van der Waals surface area contributed by atoms with Crippen molar-refractivity contribution in [1.82, 2.24) is 5.32 Å². The van der Waals surface area contributed by atoms with E-state index in [4.69, 9.17) is 0 Å². The summed E-state index contributed by atoms with van der Waals surface area (Å²) in [4.78, 5) is 2.69. The number of piperidine rings is 4. The number of hydrogen-bond donors (Lipinski definition) is 1. The molecule has 90 valence electrons. The fourth-order valence-electron chi connectivity index (χ4n) is 4.09. The second kappa shape index (κ2) is 3.72. The molecule has 4 heterocycles. The largest absolute Gasteiger partial charge is 0.365 e. The molecule has 17 heavy (non-hydrogen) atoms. The van der Waals surface area contributed by atoms with Gasteiger partial charge in [0.05, 0.1) is 0 Å². The van der Waals surface area contributed by atoms with E-state index in [1.807, 2.05) is 0 Å². The van der Waals surface area contributed by atoms with Crippen molar-refractivity contribution in [3.05, 3.63) is 28.7 Å². The molecule has 4 saturated heterocycles. The highest BCUT2D eigenvalue weighted by Crippen LogP contribution is 2.41. The number of anilines is 1. The average Bonchev–Trinajstić information content (AvgIpc) is 2.30. The topological polar surface area (TPSA) is 15.3 Å². The molecule has 0 aliphatic carbocycles. The predicted octanol–water partition coefficient (Wildman–Crippen LogP) is 2.92. The molecule has 4 aliphatic rings. The highest BCUT2D eigenvalue weighted by atomic mass is 79.9. The van der Waals surface area contributed by atoms with E-state index in [0.717, 1.165) is 24.2 Å². The zero-order chi connectivity index (χ0) is 11.4. The lowest BCUT2D eigenvalue weighted by Gasteiger charge is -2.58. The number of nitrogens with zero attached hydrogens (tertiary/aromatic N) is 1. The summed E-state index contributed by atoms with van der Waals surface area (Å²) >= 11 is 3.52. The van der Waals surface area contributed by atoms with Crippen molar-refractivity contribution in [3.63, 3.8) is 0 Å². The van der Waals surface area contributed by atoms with Gasteiger partial charge in [0.1, 0.15) is 0 Å². The zero-order valence-electron chi connectivity index (χ0n) is 9.77. The van der Waals surface area contributed by atoms with Gasteiger partial charge in [-0.15, -0.1) is 0 Å². The van der Waals surface area contributed by atoms with Crippen LogP contribution in [-0.4, -0.2) is 24.2 Å². The number of benzene rings is 1. The van der Waals surface area contributed by atoms with Crippen molar-refractivity contribution in [2.75, 3.05) is 4.90 Å². The van der Waals surface area contributed by atoms with Gasteiger partial charge in [0, 0.05) is 34.3 Å². The van der Waals surface area contributed by atoms with Crippen LogP contribution in [0.1, 0.15) is 25.7 Å². The molecule has 0 radical (unpaired) electrons. The Balaban J connectivity index is 1.68. The highest BCUT2D eigenvalue weighted by molar-refractivity contribution is 9.10. The first kappa shape index (κ1) is 10.4. The summed E-state index contributed by atoms with van der Waals surface area (Å²) in [6.07, 6.45) is 5.35. The molecule has 1 aromatic carbocycles. The monoisotopic (exact) mass is 292 g/mol. The van der Waals surface area contributed by atoms with E-state index < -0.39 is 0 Å². The lowest BCUT2D eigenvalue weighted by atomic mass is 9.74. The van der Waals surface area contributed by atoms with Gasteiger partial charge in [0.2, 0.25) is 0 Å². The SMILES string of the molecule is Brc1ccc(N2C3CC4CC2CC(C3)N4)cc1. The molecule has 0 unspecified atom stereocenters. The van der Waals surface area contributed by atoms with Crippen LogP contribution < -0.4 is 10.2 Å². The fourth-order valence-corrected chi connectivity index (χ4v) is 4.36. The van der Waals surface area contributed by atoms with Crippen molar-refractivity contribution in [2.24, 2.45) is 0 Å². The Labute approximate surface area is 111 Å². The second-order valence-corrected chi connectivity index (χ2v) is 6.61. The van der Waals surface area contributed by atoms with Crippen molar-refractivity contribution >= 4 is 21.6 Å². The van der Waals surface area contributed by atoms with E-state index in [0.29, 0.717) is 0 Å². The third-order valence-corrected chi connectivity index (χ3v) is 5.14. The molecule has 0 saturated carbocycles. The van der Waals surface area contributed by atoms with Gasteiger partial charge in [0.15, 0.2) is 0 Å². The van der Waals surface area contributed by atoms with Crippen molar-refractivity contribution in [3.8, 4) is 0 Å². The zero-order valence-corrected chi connectivity index (χ0v) is 11.4. The number of halogens is 1. The fraction of sp³-hybridized carbons (Fsp3) is 0.571. The standard InChI is InChI=1S/C14H17BrN2/c15-9-1-3-12(4-2-9)17-13-5-10-6-14(17)8-11(7-13)16-10/h1-4,10-11,13-14,16H,5-8H2. The maximum absolute atomic E-state index is 3.76. The quantitative estimate of drug-likeness (QED) is 0.856. The number of rotatable bonds is 1. The molecule has 0 amide bonds. The Morgan fingerprint density at radius 2 is 1.47 bits per heavy atom. The molecule has 4 bridgehead atoms. The van der Waals surface area contributed by atoms with Gasteiger partial charge < -0.3 is 10.2 Å². The molecule has 5 rings (SSSR count). The van der Waals surface area contributed by atoms with Gasteiger partial charge >= 0.3 is 0 Å². The molecule has 0 atom stereocenters. The summed E-state index contributed by atoms with van der Waals surface area (Å²) < 4.78 is 1.17. The summed E-state index contributed by atoms with van der Waals surface area (Å²) in [5.74, 6) is 0. The Morgan fingerprint density at radius 1 is 0.941 bits per heavy atom. The third-order valence-electron chi connectivity index (χ3n) is 4.61. The molecule has 3 heteroatoms. The molecule has 1 N–H and O–H groups in total. The van der Waals surface area contributed by atoms with Crippen LogP contribution >= 0.6 is 15.9 Å². The minimum atomic E-state index is 0.778. The molecule has 1 aromatic rings. The Kier molecular flexibility index (Phi) is 2.28. The van der Waals surface area contributed by atoms with Crippen molar-refractivity contribution in [2.45, 2.75) is 49.9 Å². The molecule has 0 aromatic heterocycles. The predicted molar refractivity (Wildman–Crippen MR) is 73.4 cm³/mol. The first-order valence-electron chi connectivity index (χ1n) is 6.59. The first-order chi connectivity index (χ1) is 8.29. The normalized spacial score (nSPS) is 38.8. The third kappa shape index (κ3) is 1.63. The van der Waals surface area contributed by atoms with Crippen LogP contribution in [0.15, 0.2) is 28.7 Å². The lowest BCUT2D eigenvalue weighted by Crippen LogP contribution is -2.67. The van der Waals surface area contributed by atoms with Gasteiger partial charge in [-0.05, 0) is 49.9 Å². The molecule has 0 spiro atoms. The summed E-state index contributed by atoms with van der Waals surface area (Å²) in [5, 5.41) is 3.76. The van der Waals surface area contributed by atoms with Crippen molar-refractivity contribution in [1.29, 1.82) is 0 Å². The van der Waals surface area contributed by atoms with E-state index in [2.05, 4.69) is 50.4 Å². The van der Waals surface area contributed by atoms with Crippen LogP contribution in [0.4, 0.5) is 5.69 Å². The molecular formula is C14H17BrN2. The summed E-state index contributed by atoms with van der Waals surface area (Å²) in [6, 6.07) is 12.0. The van der Waals surface area contributed by atoms with Gasteiger partial charge in [-0.2, -0.15) is 0 Å². The molecule has 4 aliphatic heterocycles. The minimum Gasteiger partial charge on any atom is -0.365 e. The summed E-state index contributed by atoms with van der Waals surface area (Å²) in [7, 11) is 0. The summed E-state index contributed by atoms with van der Waals surface area (Å²) in [6.45, 7) is 0. The highest BCUT2D eigenvalue weighted by Gasteiger charge is 2.46. The van der Waals surface area contributed by atoms with Gasteiger partial charge in [-0.3, -0.25) is 0 Å². The van der Waals surface area contributed by atoms with Crippen LogP contribution in [0.5, 0.6) is 0 Å². The summed E-state index contributed by atoms with van der Waals surface area (Å²) in [5.41, 5.74) is 1.42. The van der Waals surface area contributed by atoms with Crippen molar-refractivity contribution < 1.29 is 0 Å². The molecule has 2 nitrogen and oxygen atoms in total. The minimum absolute atomic E-state index is 0.778. The van der Waals surface area contributed by atoms with Crippen LogP contribution in [0.2, 0.25) is 0 Å². The van der Waals surface area contributed by atoms with Crippen LogP contribution in [0.25, 0.3) is 0 Å². The smallest absolute Gasteiger partial charge is 0.0372 e. The number of nitrogens with one attached hydrogen (secondary N) is 1. The van der Waals surface area contributed by atoms with E-state index >= 15 is 0 Å². The van der Waals surface area contributed by atoms with E-state index in [9.17, 15) is 0 Å². The number of hydrogen-bond acceptors (Lipinski definition) is 2. The Morgan fingerprint density at radius 3 is 2.00 bits per heavy atom. The lowest BCUT2D eigenvalue weighted by molar-refractivity contribution is 0.135. The van der Waals surface area contributed by atoms with E-state index in [1.54, 1.807) is 0 Å². The Hall–Kier alpha value is -0.540. The van der Waals surface area contributed by atoms with Crippen LogP contribution in [0, 0.1) is 0 Å². The van der Waals surface area contributed by atoms with Gasteiger partial charge in [-0.25, -0.2) is 0 Å². The first-order valence-corrected chi connectivity index (χ1v) is 7.39. The van der Waals surface area contributed by atoms with Crippen LogP contribution in [-0.2, 0) is 0 Å². The maximum Gasteiger partial charge on any atom is 0.0372 e. The van der Waals surface area contributed by atoms with Gasteiger partial charge in [-0.1, -0.05) is 15.9 Å². The second-order valence-electron chi connectivity index (χ2n) is 5.69. The molecule has 4 fully saturated rings. The van der Waals surface area contributed by atoms with E-state index in [1.165, 1.54) is 35.8 Å². The molecular weight excluding hydrogens is 276 g/mol. The average molecular weight is 293 g/mol. The Bertz CT molecular complexity index is 400. The van der Waals surface area contributed by atoms with Crippen LogP contribution in [0.3, 0.4) is 0 Å². The maximum atomic E-state index is 3.76. The van der Waals surface area contributed by atoms with E-state index in [-0.39, 0.29) is 0 Å². The van der Waals surface area contributed by atoms with Gasteiger partial charge in [0.25, 0.3) is 0 Å².